The van der Waals surface area contributed by atoms with Gasteiger partial charge in [0.1, 0.15) is 11.4 Å². The van der Waals surface area contributed by atoms with E-state index in [0.717, 1.165) is 21.9 Å². The van der Waals surface area contributed by atoms with Gasteiger partial charge in [0.25, 0.3) is 0 Å². The first-order chi connectivity index (χ1) is 13.7. The summed E-state index contributed by atoms with van der Waals surface area (Å²) in [6, 6.07) is 24.3. The minimum absolute atomic E-state index is 0.664. The summed E-state index contributed by atoms with van der Waals surface area (Å²) in [7, 11) is 0. The summed E-state index contributed by atoms with van der Waals surface area (Å²) in [5.41, 5.74) is 5.67. The van der Waals surface area contributed by atoms with Gasteiger partial charge in [-0.25, -0.2) is 0 Å². The standard InChI is InChI=1S/C26H18N2/c1-19-7-11-21(12-8-19)15-17-25-23-5-3-4-6-24(23)26(28-27-25)18-16-22-13-9-20(2)10-14-22/h3-14H,1-2H3. The molecule has 0 N–H and O–H groups in total. The molecule has 0 saturated heterocycles. The average molecular weight is 358 g/mol. The average Bonchev–Trinajstić information content (AvgIpc) is 2.73. The Kier molecular flexibility index (Phi) is 4.87. The zero-order valence-electron chi connectivity index (χ0n) is 15.8. The van der Waals surface area contributed by atoms with Gasteiger partial charge in [-0.2, -0.15) is 0 Å². The van der Waals surface area contributed by atoms with E-state index in [4.69, 9.17) is 0 Å². The number of aryl methyl sites for hydroxylation is 2. The van der Waals surface area contributed by atoms with Crippen LogP contribution in [-0.4, -0.2) is 10.2 Å². The predicted octanol–water partition coefficient (Wildman–Crippen LogP) is 5.05. The van der Waals surface area contributed by atoms with E-state index in [0.29, 0.717) is 11.4 Å². The maximum Gasteiger partial charge on any atom is 0.144 e. The van der Waals surface area contributed by atoms with E-state index in [1.807, 2.05) is 48.5 Å². The lowest BCUT2D eigenvalue weighted by molar-refractivity contribution is 1.02. The second kappa shape index (κ2) is 7.78. The van der Waals surface area contributed by atoms with Gasteiger partial charge < -0.3 is 0 Å². The largest absolute Gasteiger partial charge is 0.144 e. The minimum atomic E-state index is 0.664. The molecule has 0 atom stereocenters. The normalized spacial score (nSPS) is 9.93. The summed E-state index contributed by atoms with van der Waals surface area (Å²) in [4.78, 5) is 0. The molecule has 0 aliphatic heterocycles. The van der Waals surface area contributed by atoms with Crippen LogP contribution in [0.2, 0.25) is 0 Å². The summed E-state index contributed by atoms with van der Waals surface area (Å²) in [6.45, 7) is 4.12. The van der Waals surface area contributed by atoms with Crippen LogP contribution in [0.15, 0.2) is 72.8 Å². The van der Waals surface area contributed by atoms with Crippen LogP contribution >= 0.6 is 0 Å². The fourth-order valence-electron chi connectivity index (χ4n) is 2.83. The molecule has 0 amide bonds. The van der Waals surface area contributed by atoms with Gasteiger partial charge in [-0.15, -0.1) is 10.2 Å². The predicted molar refractivity (Wildman–Crippen MR) is 114 cm³/mol. The summed E-state index contributed by atoms with van der Waals surface area (Å²) >= 11 is 0. The maximum atomic E-state index is 4.34. The van der Waals surface area contributed by atoms with Crippen LogP contribution in [0.5, 0.6) is 0 Å². The van der Waals surface area contributed by atoms with Crippen molar-refractivity contribution < 1.29 is 0 Å². The summed E-state index contributed by atoms with van der Waals surface area (Å²) in [5.74, 6) is 12.7. The third-order valence-electron chi connectivity index (χ3n) is 4.44. The lowest BCUT2D eigenvalue weighted by atomic mass is 10.1. The zero-order chi connectivity index (χ0) is 19.3. The number of rotatable bonds is 0. The van der Waals surface area contributed by atoms with Crippen LogP contribution in [0.3, 0.4) is 0 Å². The minimum Gasteiger partial charge on any atom is -0.140 e. The molecule has 1 heterocycles. The maximum absolute atomic E-state index is 4.34. The Morgan fingerprint density at radius 1 is 0.500 bits per heavy atom. The van der Waals surface area contributed by atoms with Crippen LogP contribution in [0.4, 0.5) is 0 Å². The van der Waals surface area contributed by atoms with Crippen LogP contribution in [0, 0.1) is 37.5 Å². The van der Waals surface area contributed by atoms with E-state index in [1.165, 1.54) is 11.1 Å². The molecule has 0 fully saturated rings. The molecule has 4 aromatic rings. The molecule has 4 rings (SSSR count). The van der Waals surface area contributed by atoms with E-state index in [1.54, 1.807) is 0 Å². The SMILES string of the molecule is Cc1ccc(C#Cc2nnc(C#Cc3ccc(C)cc3)c3ccccc23)cc1. The Hall–Kier alpha value is -3.88. The monoisotopic (exact) mass is 358 g/mol. The first-order valence-corrected chi connectivity index (χ1v) is 9.12. The highest BCUT2D eigenvalue weighted by molar-refractivity contribution is 5.90. The molecule has 0 aliphatic carbocycles. The van der Waals surface area contributed by atoms with Gasteiger partial charge in [0.2, 0.25) is 0 Å². The fourth-order valence-corrected chi connectivity index (χ4v) is 2.83. The van der Waals surface area contributed by atoms with Crippen molar-refractivity contribution in [3.63, 3.8) is 0 Å². The Morgan fingerprint density at radius 2 is 0.893 bits per heavy atom. The fraction of sp³-hybridized carbons (Fsp3) is 0.0769. The Balaban J connectivity index is 1.73. The van der Waals surface area contributed by atoms with Crippen molar-refractivity contribution in [1.29, 1.82) is 0 Å². The number of fused-ring (bicyclic) bond motifs is 1. The van der Waals surface area contributed by atoms with Crippen LogP contribution in [0.1, 0.15) is 33.6 Å². The van der Waals surface area contributed by atoms with Crippen molar-refractivity contribution in [2.45, 2.75) is 13.8 Å². The third-order valence-corrected chi connectivity index (χ3v) is 4.44. The highest BCUT2D eigenvalue weighted by atomic mass is 15.1. The molecule has 0 radical (unpaired) electrons. The number of benzene rings is 3. The summed E-state index contributed by atoms with van der Waals surface area (Å²) < 4.78 is 0. The van der Waals surface area contributed by atoms with Gasteiger partial charge >= 0.3 is 0 Å². The first-order valence-electron chi connectivity index (χ1n) is 9.12. The van der Waals surface area contributed by atoms with Gasteiger partial charge in [-0.05, 0) is 50.0 Å². The Labute approximate surface area is 165 Å². The molecule has 0 bridgehead atoms. The summed E-state index contributed by atoms with van der Waals surface area (Å²) in [5, 5.41) is 10.6. The van der Waals surface area contributed by atoms with Crippen LogP contribution in [0.25, 0.3) is 10.8 Å². The van der Waals surface area contributed by atoms with E-state index in [-0.39, 0.29) is 0 Å². The molecule has 28 heavy (non-hydrogen) atoms. The first kappa shape index (κ1) is 17.5. The number of hydrogen-bond donors (Lipinski definition) is 0. The zero-order valence-corrected chi connectivity index (χ0v) is 15.8. The second-order valence-corrected chi connectivity index (χ2v) is 6.67. The second-order valence-electron chi connectivity index (χ2n) is 6.67. The van der Waals surface area contributed by atoms with E-state index >= 15 is 0 Å². The highest BCUT2D eigenvalue weighted by Crippen LogP contribution is 2.18. The van der Waals surface area contributed by atoms with Gasteiger partial charge in [-0.1, -0.05) is 71.5 Å². The van der Waals surface area contributed by atoms with Crippen molar-refractivity contribution in [2.24, 2.45) is 0 Å². The molecule has 132 valence electrons. The Bertz CT molecular complexity index is 1160. The number of aromatic nitrogens is 2. The third kappa shape index (κ3) is 3.93. The molecule has 2 nitrogen and oxygen atoms in total. The molecule has 1 aromatic heterocycles. The summed E-state index contributed by atoms with van der Waals surface area (Å²) in [6.07, 6.45) is 0. The van der Waals surface area contributed by atoms with Crippen molar-refractivity contribution in [3.8, 4) is 23.7 Å². The van der Waals surface area contributed by atoms with E-state index < -0.39 is 0 Å². The molecule has 3 aromatic carbocycles. The molecular formula is C26H18N2. The Morgan fingerprint density at radius 3 is 1.29 bits per heavy atom. The quantitative estimate of drug-likeness (QED) is 0.411. The molecule has 0 saturated carbocycles. The smallest absolute Gasteiger partial charge is 0.140 e. The van der Waals surface area contributed by atoms with Crippen molar-refractivity contribution >= 4 is 10.8 Å². The van der Waals surface area contributed by atoms with Crippen LogP contribution < -0.4 is 0 Å². The number of nitrogens with zero attached hydrogens (tertiary/aromatic N) is 2. The van der Waals surface area contributed by atoms with E-state index in [9.17, 15) is 0 Å². The molecular weight excluding hydrogens is 340 g/mol. The van der Waals surface area contributed by atoms with E-state index in [2.05, 4.69) is 72.0 Å². The van der Waals surface area contributed by atoms with Crippen LogP contribution in [-0.2, 0) is 0 Å². The van der Waals surface area contributed by atoms with Crippen molar-refractivity contribution in [2.75, 3.05) is 0 Å². The lowest BCUT2D eigenvalue weighted by Crippen LogP contribution is -1.95. The molecule has 0 aliphatic rings. The van der Waals surface area contributed by atoms with Crippen molar-refractivity contribution in [3.05, 3.63) is 106 Å². The molecule has 0 spiro atoms. The molecule has 2 heteroatoms. The van der Waals surface area contributed by atoms with Gasteiger partial charge in [0, 0.05) is 21.9 Å². The highest BCUT2D eigenvalue weighted by Gasteiger charge is 2.05. The van der Waals surface area contributed by atoms with Gasteiger partial charge in [-0.3, -0.25) is 0 Å². The van der Waals surface area contributed by atoms with Gasteiger partial charge in [0.15, 0.2) is 0 Å². The lowest BCUT2D eigenvalue weighted by Gasteiger charge is -2.01. The van der Waals surface area contributed by atoms with Crippen molar-refractivity contribution in [1.82, 2.24) is 10.2 Å². The molecule has 0 unspecified atom stereocenters. The number of hydrogen-bond acceptors (Lipinski definition) is 2. The van der Waals surface area contributed by atoms with Gasteiger partial charge in [0.05, 0.1) is 0 Å². The topological polar surface area (TPSA) is 25.8 Å².